The van der Waals surface area contributed by atoms with Gasteiger partial charge in [-0.2, -0.15) is 4.72 Å². The lowest BCUT2D eigenvalue weighted by molar-refractivity contribution is -0.140. The molecule has 0 aliphatic rings. The van der Waals surface area contributed by atoms with Crippen LogP contribution in [0.25, 0.3) is 31.3 Å². The summed E-state index contributed by atoms with van der Waals surface area (Å²) in [6.45, 7) is 3.33. The number of sulfonamides is 1. The lowest BCUT2D eigenvalue weighted by Gasteiger charge is -2.18. The maximum atomic E-state index is 12.8. The van der Waals surface area contributed by atoms with Gasteiger partial charge in [0, 0.05) is 38.1 Å². The van der Waals surface area contributed by atoms with Crippen LogP contribution in [-0.4, -0.2) is 30.5 Å². The first-order valence-electron chi connectivity index (χ1n) is 9.38. The summed E-state index contributed by atoms with van der Waals surface area (Å²) in [5.74, 6) is -1.57. The van der Waals surface area contributed by atoms with Crippen LogP contribution in [0.15, 0.2) is 65.8 Å². The molecular formula is C22H20N2O4S2. The van der Waals surface area contributed by atoms with Gasteiger partial charge in [0.05, 0.1) is 4.90 Å². The Morgan fingerprint density at radius 3 is 2.50 bits per heavy atom. The van der Waals surface area contributed by atoms with Crippen molar-refractivity contribution in [3.8, 4) is 11.1 Å². The summed E-state index contributed by atoms with van der Waals surface area (Å²) < 4.78 is 29.7. The SMILES string of the molecule is CC(C)[C@H](NS(=O)(=O)c1ccc2c(c1)sc1ccc(-c3cccnc3)cc12)C(=O)O. The van der Waals surface area contributed by atoms with E-state index in [0.717, 1.165) is 31.3 Å². The zero-order chi connectivity index (χ0) is 21.5. The number of hydrogen-bond acceptors (Lipinski definition) is 5. The van der Waals surface area contributed by atoms with Crippen LogP contribution >= 0.6 is 11.3 Å². The monoisotopic (exact) mass is 440 g/mol. The van der Waals surface area contributed by atoms with Crippen molar-refractivity contribution >= 4 is 47.5 Å². The normalized spacial score (nSPS) is 13.2. The molecule has 0 saturated heterocycles. The second kappa shape index (κ2) is 7.79. The largest absolute Gasteiger partial charge is 0.480 e. The van der Waals surface area contributed by atoms with Gasteiger partial charge < -0.3 is 5.11 Å². The van der Waals surface area contributed by atoms with Gasteiger partial charge in [-0.25, -0.2) is 8.42 Å². The van der Waals surface area contributed by atoms with Crippen molar-refractivity contribution in [1.29, 1.82) is 0 Å². The van der Waals surface area contributed by atoms with E-state index in [1.54, 1.807) is 38.4 Å². The molecule has 0 unspecified atom stereocenters. The van der Waals surface area contributed by atoms with Crippen LogP contribution in [0.5, 0.6) is 0 Å². The lowest BCUT2D eigenvalue weighted by Crippen LogP contribution is -2.44. The zero-order valence-electron chi connectivity index (χ0n) is 16.4. The van der Waals surface area contributed by atoms with Gasteiger partial charge >= 0.3 is 5.97 Å². The molecule has 8 heteroatoms. The number of hydrogen-bond donors (Lipinski definition) is 2. The highest BCUT2D eigenvalue weighted by Crippen LogP contribution is 2.37. The predicted molar refractivity (Wildman–Crippen MR) is 119 cm³/mol. The number of carboxylic acids is 1. The van der Waals surface area contributed by atoms with Crippen LogP contribution in [0.3, 0.4) is 0 Å². The van der Waals surface area contributed by atoms with Gasteiger partial charge in [-0.3, -0.25) is 9.78 Å². The van der Waals surface area contributed by atoms with Gasteiger partial charge in [-0.1, -0.05) is 32.0 Å². The summed E-state index contributed by atoms with van der Waals surface area (Å²) in [6.07, 6.45) is 3.53. The predicted octanol–water partition coefficient (Wildman–Crippen LogP) is 4.50. The Hall–Kier alpha value is -2.81. The minimum Gasteiger partial charge on any atom is -0.480 e. The van der Waals surface area contributed by atoms with E-state index >= 15 is 0 Å². The number of nitrogens with zero attached hydrogens (tertiary/aromatic N) is 1. The van der Waals surface area contributed by atoms with E-state index in [2.05, 4.69) is 15.8 Å². The molecular weight excluding hydrogens is 420 g/mol. The number of carbonyl (C=O) groups is 1. The number of rotatable bonds is 6. The summed E-state index contributed by atoms with van der Waals surface area (Å²) >= 11 is 1.50. The number of aliphatic carboxylic acids is 1. The van der Waals surface area contributed by atoms with E-state index in [4.69, 9.17) is 0 Å². The number of carboxylic acid groups (broad SMARTS) is 1. The Kier molecular flexibility index (Phi) is 5.31. The summed E-state index contributed by atoms with van der Waals surface area (Å²) in [6, 6.07) is 13.7. The molecule has 0 aliphatic carbocycles. The molecule has 2 aromatic heterocycles. The quantitative estimate of drug-likeness (QED) is 0.460. The third-order valence-electron chi connectivity index (χ3n) is 4.96. The molecule has 4 aromatic rings. The molecule has 0 radical (unpaired) electrons. The molecule has 0 bridgehead atoms. The maximum Gasteiger partial charge on any atom is 0.322 e. The Bertz CT molecular complexity index is 1350. The topological polar surface area (TPSA) is 96.4 Å². The molecule has 2 N–H and O–H groups in total. The lowest BCUT2D eigenvalue weighted by atomic mass is 10.0. The second-order valence-electron chi connectivity index (χ2n) is 7.39. The van der Waals surface area contributed by atoms with Gasteiger partial charge in [-0.05, 0) is 41.8 Å². The van der Waals surface area contributed by atoms with Gasteiger partial charge in [-0.15, -0.1) is 11.3 Å². The van der Waals surface area contributed by atoms with E-state index in [1.165, 1.54) is 17.4 Å². The third kappa shape index (κ3) is 3.81. The van der Waals surface area contributed by atoms with Crippen LogP contribution < -0.4 is 4.72 Å². The van der Waals surface area contributed by atoms with Gasteiger partial charge in [0.15, 0.2) is 0 Å². The third-order valence-corrected chi connectivity index (χ3v) is 7.54. The van der Waals surface area contributed by atoms with Crippen LogP contribution in [0.1, 0.15) is 13.8 Å². The van der Waals surface area contributed by atoms with E-state index in [9.17, 15) is 18.3 Å². The fourth-order valence-electron chi connectivity index (χ4n) is 3.34. The van der Waals surface area contributed by atoms with Gasteiger partial charge in [0.1, 0.15) is 6.04 Å². The molecule has 4 rings (SSSR count). The van der Waals surface area contributed by atoms with Crippen molar-refractivity contribution < 1.29 is 18.3 Å². The smallest absolute Gasteiger partial charge is 0.322 e. The first kappa shape index (κ1) is 20.5. The standard InChI is InChI=1S/C22H20N2O4S2/c1-13(2)21(22(25)26)24-30(27,28)16-6-7-17-18-10-14(15-4-3-9-23-12-15)5-8-19(18)29-20(17)11-16/h3-13,21,24H,1-2H3,(H,25,26)/t21-/m0/s1. The van der Waals surface area contributed by atoms with Gasteiger partial charge in [0.25, 0.3) is 0 Å². The minimum absolute atomic E-state index is 0.0564. The molecule has 2 heterocycles. The Morgan fingerprint density at radius 2 is 1.83 bits per heavy atom. The van der Waals surface area contributed by atoms with Crippen LogP contribution in [-0.2, 0) is 14.8 Å². The summed E-state index contributed by atoms with van der Waals surface area (Å²) in [7, 11) is -3.96. The molecule has 0 spiro atoms. The summed E-state index contributed by atoms with van der Waals surface area (Å²) in [5, 5.41) is 11.3. The van der Waals surface area contributed by atoms with E-state index in [1.807, 2.05) is 24.3 Å². The van der Waals surface area contributed by atoms with Crippen molar-refractivity contribution in [3.05, 3.63) is 60.9 Å². The van der Waals surface area contributed by atoms with Crippen molar-refractivity contribution in [2.45, 2.75) is 24.8 Å². The molecule has 0 amide bonds. The Balaban J connectivity index is 1.76. The van der Waals surface area contributed by atoms with Crippen LogP contribution in [0.2, 0.25) is 0 Å². The number of pyridine rings is 1. The summed E-state index contributed by atoms with van der Waals surface area (Å²) in [5.41, 5.74) is 2.05. The molecule has 1 atom stereocenters. The fourth-order valence-corrected chi connectivity index (χ4v) is 5.91. The molecule has 6 nitrogen and oxygen atoms in total. The molecule has 0 fully saturated rings. The van der Waals surface area contributed by atoms with Crippen molar-refractivity contribution in [2.24, 2.45) is 5.92 Å². The molecule has 154 valence electrons. The number of aromatic nitrogens is 1. The Morgan fingerprint density at radius 1 is 1.03 bits per heavy atom. The first-order chi connectivity index (χ1) is 14.3. The zero-order valence-corrected chi connectivity index (χ0v) is 18.0. The highest BCUT2D eigenvalue weighted by Gasteiger charge is 2.28. The number of thiophene rings is 1. The highest BCUT2D eigenvalue weighted by molar-refractivity contribution is 7.89. The van der Waals surface area contributed by atoms with Crippen LogP contribution in [0.4, 0.5) is 0 Å². The van der Waals surface area contributed by atoms with Crippen molar-refractivity contribution in [2.75, 3.05) is 0 Å². The molecule has 2 aromatic carbocycles. The highest BCUT2D eigenvalue weighted by atomic mass is 32.2. The van der Waals surface area contributed by atoms with E-state index < -0.39 is 22.0 Å². The average Bonchev–Trinajstić information content (AvgIpc) is 3.09. The first-order valence-corrected chi connectivity index (χ1v) is 11.7. The second-order valence-corrected chi connectivity index (χ2v) is 10.2. The molecule has 0 saturated carbocycles. The van der Waals surface area contributed by atoms with Gasteiger partial charge in [0.2, 0.25) is 10.0 Å². The molecule has 0 aliphatic heterocycles. The Labute approximate surface area is 178 Å². The van der Waals surface area contributed by atoms with Crippen molar-refractivity contribution in [1.82, 2.24) is 9.71 Å². The molecule has 30 heavy (non-hydrogen) atoms. The number of benzene rings is 2. The van der Waals surface area contributed by atoms with E-state index in [-0.39, 0.29) is 10.8 Å². The fraction of sp³-hybridized carbons (Fsp3) is 0.182. The van der Waals surface area contributed by atoms with E-state index in [0.29, 0.717) is 0 Å². The minimum atomic E-state index is -3.96. The number of fused-ring (bicyclic) bond motifs is 3. The maximum absolute atomic E-state index is 12.8. The number of nitrogens with one attached hydrogen (secondary N) is 1. The van der Waals surface area contributed by atoms with Crippen LogP contribution in [0, 0.1) is 5.92 Å². The summed E-state index contributed by atoms with van der Waals surface area (Å²) in [4.78, 5) is 15.6. The van der Waals surface area contributed by atoms with Crippen molar-refractivity contribution in [3.63, 3.8) is 0 Å². The average molecular weight is 441 g/mol.